The van der Waals surface area contributed by atoms with E-state index in [-0.39, 0.29) is 17.9 Å². The summed E-state index contributed by atoms with van der Waals surface area (Å²) in [6, 6.07) is 0.591. The van der Waals surface area contributed by atoms with Gasteiger partial charge in [0.15, 0.2) is 0 Å². The molecule has 108 valence electrons. The second kappa shape index (κ2) is 6.20. The third-order valence-electron chi connectivity index (χ3n) is 4.70. The van der Waals surface area contributed by atoms with Gasteiger partial charge in [-0.15, -0.1) is 0 Å². The molecular weight excluding hydrogens is 242 g/mol. The number of nitrogens with zero attached hydrogens (tertiary/aromatic N) is 1. The van der Waals surface area contributed by atoms with E-state index in [1.807, 2.05) is 0 Å². The van der Waals surface area contributed by atoms with Crippen LogP contribution in [0.4, 0.5) is 0 Å². The van der Waals surface area contributed by atoms with Gasteiger partial charge in [0.25, 0.3) is 0 Å². The molecule has 0 aliphatic carbocycles. The number of nitrogens with one attached hydrogen (secondary N) is 2. The molecule has 5 heteroatoms. The molecule has 3 saturated heterocycles. The van der Waals surface area contributed by atoms with E-state index in [4.69, 9.17) is 4.74 Å². The summed E-state index contributed by atoms with van der Waals surface area (Å²) in [5.41, 5.74) is 0. The second-order valence-electron chi connectivity index (χ2n) is 5.99. The molecule has 0 saturated carbocycles. The zero-order valence-corrected chi connectivity index (χ0v) is 11.6. The van der Waals surface area contributed by atoms with Gasteiger partial charge in [0.1, 0.15) is 0 Å². The molecular formula is C14H25N3O2. The lowest BCUT2D eigenvalue weighted by Crippen LogP contribution is -2.52. The van der Waals surface area contributed by atoms with Crippen molar-refractivity contribution in [3.63, 3.8) is 0 Å². The maximum absolute atomic E-state index is 12.3. The number of likely N-dealkylation sites (tertiary alicyclic amines) is 1. The summed E-state index contributed by atoms with van der Waals surface area (Å²) < 4.78 is 5.60. The van der Waals surface area contributed by atoms with Crippen LogP contribution in [0.15, 0.2) is 0 Å². The zero-order chi connectivity index (χ0) is 13.1. The van der Waals surface area contributed by atoms with Crippen molar-refractivity contribution in [1.82, 2.24) is 15.5 Å². The summed E-state index contributed by atoms with van der Waals surface area (Å²) in [6.45, 7) is 5.71. The van der Waals surface area contributed by atoms with Crippen LogP contribution in [0.5, 0.6) is 0 Å². The summed E-state index contributed by atoms with van der Waals surface area (Å²) in [7, 11) is 0. The van der Waals surface area contributed by atoms with Crippen LogP contribution in [-0.2, 0) is 9.53 Å². The van der Waals surface area contributed by atoms with Gasteiger partial charge in [-0.1, -0.05) is 0 Å². The molecule has 1 amide bonds. The van der Waals surface area contributed by atoms with E-state index in [1.54, 1.807) is 0 Å². The standard InChI is InChI=1S/C14H25N3O2/c18-14(11-3-5-15-6-4-11)16-12-9-19-10-13(12)17-7-1-2-8-17/h11-13,15H,1-10H2,(H,16,18). The molecule has 2 atom stereocenters. The monoisotopic (exact) mass is 267 g/mol. The van der Waals surface area contributed by atoms with E-state index < -0.39 is 0 Å². The van der Waals surface area contributed by atoms with E-state index in [2.05, 4.69) is 15.5 Å². The maximum Gasteiger partial charge on any atom is 0.223 e. The number of ether oxygens (including phenoxy) is 1. The van der Waals surface area contributed by atoms with Gasteiger partial charge in [-0.25, -0.2) is 0 Å². The molecule has 3 heterocycles. The molecule has 0 aromatic heterocycles. The minimum Gasteiger partial charge on any atom is -0.378 e. The van der Waals surface area contributed by atoms with Crippen LogP contribution < -0.4 is 10.6 Å². The van der Waals surface area contributed by atoms with Crippen molar-refractivity contribution in [3.05, 3.63) is 0 Å². The molecule has 0 bridgehead atoms. The highest BCUT2D eigenvalue weighted by Crippen LogP contribution is 2.20. The minimum absolute atomic E-state index is 0.195. The summed E-state index contributed by atoms with van der Waals surface area (Å²) in [5.74, 6) is 0.433. The predicted molar refractivity (Wildman–Crippen MR) is 72.9 cm³/mol. The van der Waals surface area contributed by atoms with E-state index in [0.29, 0.717) is 12.6 Å². The Morgan fingerprint density at radius 1 is 1.16 bits per heavy atom. The number of hydrogen-bond acceptors (Lipinski definition) is 4. The van der Waals surface area contributed by atoms with Gasteiger partial charge in [0, 0.05) is 5.92 Å². The molecule has 2 unspecified atom stereocenters. The third-order valence-corrected chi connectivity index (χ3v) is 4.70. The first kappa shape index (κ1) is 13.3. The minimum atomic E-state index is 0.195. The second-order valence-corrected chi connectivity index (χ2v) is 5.99. The van der Waals surface area contributed by atoms with E-state index in [9.17, 15) is 4.79 Å². The largest absolute Gasteiger partial charge is 0.378 e. The van der Waals surface area contributed by atoms with Gasteiger partial charge in [-0.2, -0.15) is 0 Å². The highest BCUT2D eigenvalue weighted by molar-refractivity contribution is 5.79. The zero-order valence-electron chi connectivity index (χ0n) is 11.6. The Labute approximate surface area is 115 Å². The fourth-order valence-electron chi connectivity index (χ4n) is 3.50. The fourth-order valence-corrected chi connectivity index (χ4v) is 3.50. The molecule has 3 aliphatic heterocycles. The van der Waals surface area contributed by atoms with Crippen molar-refractivity contribution < 1.29 is 9.53 Å². The summed E-state index contributed by atoms with van der Waals surface area (Å²) in [5, 5.41) is 6.55. The van der Waals surface area contributed by atoms with Gasteiger partial charge in [-0.05, 0) is 51.9 Å². The number of hydrogen-bond donors (Lipinski definition) is 2. The van der Waals surface area contributed by atoms with Crippen molar-refractivity contribution in [2.24, 2.45) is 5.92 Å². The van der Waals surface area contributed by atoms with E-state index in [1.165, 1.54) is 12.8 Å². The first-order valence-corrected chi connectivity index (χ1v) is 7.67. The van der Waals surface area contributed by atoms with Crippen LogP contribution in [0.25, 0.3) is 0 Å². The van der Waals surface area contributed by atoms with Gasteiger partial charge >= 0.3 is 0 Å². The number of rotatable bonds is 3. The number of carbonyl (C=O) groups excluding carboxylic acids is 1. The smallest absolute Gasteiger partial charge is 0.223 e. The molecule has 19 heavy (non-hydrogen) atoms. The lowest BCUT2D eigenvalue weighted by atomic mass is 9.96. The molecule has 3 fully saturated rings. The number of piperidine rings is 1. The van der Waals surface area contributed by atoms with Crippen LogP contribution in [0.1, 0.15) is 25.7 Å². The Hall–Kier alpha value is -0.650. The fraction of sp³-hybridized carbons (Fsp3) is 0.929. The molecule has 0 spiro atoms. The first-order chi connectivity index (χ1) is 9.34. The summed E-state index contributed by atoms with van der Waals surface area (Å²) >= 11 is 0. The Kier molecular flexibility index (Phi) is 4.35. The van der Waals surface area contributed by atoms with Crippen LogP contribution in [0.3, 0.4) is 0 Å². The van der Waals surface area contributed by atoms with Crippen molar-refractivity contribution >= 4 is 5.91 Å². The average Bonchev–Trinajstić information content (AvgIpc) is 3.10. The first-order valence-electron chi connectivity index (χ1n) is 7.67. The molecule has 0 aromatic rings. The number of amides is 1. The normalized spacial score (nSPS) is 33.7. The molecule has 2 N–H and O–H groups in total. The van der Waals surface area contributed by atoms with Gasteiger partial charge in [0.05, 0.1) is 25.3 Å². The predicted octanol–water partition coefficient (Wildman–Crippen LogP) is -0.0346. The Bertz CT molecular complexity index is 312. The highest BCUT2D eigenvalue weighted by Gasteiger charge is 2.36. The Morgan fingerprint density at radius 2 is 1.89 bits per heavy atom. The third kappa shape index (κ3) is 3.09. The van der Waals surface area contributed by atoms with E-state index in [0.717, 1.165) is 45.6 Å². The molecule has 0 radical (unpaired) electrons. The average molecular weight is 267 g/mol. The quantitative estimate of drug-likeness (QED) is 0.754. The van der Waals surface area contributed by atoms with Crippen LogP contribution in [-0.4, -0.2) is 62.3 Å². The van der Waals surface area contributed by atoms with Crippen LogP contribution in [0, 0.1) is 5.92 Å². The van der Waals surface area contributed by atoms with Gasteiger partial charge in [-0.3, -0.25) is 9.69 Å². The molecule has 3 aliphatic rings. The summed E-state index contributed by atoms with van der Waals surface area (Å²) in [6.07, 6.45) is 4.50. The van der Waals surface area contributed by atoms with Crippen molar-refractivity contribution in [3.8, 4) is 0 Å². The number of carbonyl (C=O) groups is 1. The lowest BCUT2D eigenvalue weighted by molar-refractivity contribution is -0.126. The van der Waals surface area contributed by atoms with E-state index >= 15 is 0 Å². The summed E-state index contributed by atoms with van der Waals surface area (Å²) in [4.78, 5) is 14.8. The molecule has 5 nitrogen and oxygen atoms in total. The van der Waals surface area contributed by atoms with Crippen LogP contribution >= 0.6 is 0 Å². The Morgan fingerprint density at radius 3 is 2.63 bits per heavy atom. The Balaban J connectivity index is 1.53. The molecule has 3 rings (SSSR count). The lowest BCUT2D eigenvalue weighted by Gasteiger charge is -2.30. The van der Waals surface area contributed by atoms with Gasteiger partial charge in [0.2, 0.25) is 5.91 Å². The highest BCUT2D eigenvalue weighted by atomic mass is 16.5. The molecule has 0 aromatic carbocycles. The van der Waals surface area contributed by atoms with Crippen LogP contribution in [0.2, 0.25) is 0 Å². The van der Waals surface area contributed by atoms with Crippen molar-refractivity contribution in [1.29, 1.82) is 0 Å². The topological polar surface area (TPSA) is 53.6 Å². The van der Waals surface area contributed by atoms with Gasteiger partial charge < -0.3 is 15.4 Å². The maximum atomic E-state index is 12.3. The SMILES string of the molecule is O=C(NC1COCC1N1CCCC1)C1CCNCC1. The van der Waals surface area contributed by atoms with Crippen molar-refractivity contribution in [2.75, 3.05) is 39.4 Å². The van der Waals surface area contributed by atoms with Crippen molar-refractivity contribution in [2.45, 2.75) is 37.8 Å².